The number of hydrogen-bond donors (Lipinski definition) is 0. The molecule has 0 heterocycles. The predicted molar refractivity (Wildman–Crippen MR) is 105 cm³/mol. The summed E-state index contributed by atoms with van der Waals surface area (Å²) >= 11 is 7.16. The SMILES string of the molecule is CC1(C)c2cc(-c3ccc(Br)cc3)ccc2C2C=CC(Br)=CC21. The highest BCUT2D eigenvalue weighted by molar-refractivity contribution is 9.12. The highest BCUT2D eigenvalue weighted by Crippen LogP contribution is 2.54. The summed E-state index contributed by atoms with van der Waals surface area (Å²) in [6.07, 6.45) is 6.92. The summed E-state index contributed by atoms with van der Waals surface area (Å²) in [6, 6.07) is 15.6. The molecule has 2 aromatic rings. The molecule has 0 fully saturated rings. The lowest BCUT2D eigenvalue weighted by atomic mass is 9.74. The van der Waals surface area contributed by atoms with Gasteiger partial charge in [-0.3, -0.25) is 0 Å². The summed E-state index contributed by atoms with van der Waals surface area (Å²) in [6.45, 7) is 4.75. The van der Waals surface area contributed by atoms with E-state index in [0.717, 1.165) is 4.47 Å². The minimum Gasteiger partial charge on any atom is -0.0753 e. The summed E-state index contributed by atoms with van der Waals surface area (Å²) in [7, 11) is 0. The number of allylic oxidation sites excluding steroid dienone is 4. The molecule has 23 heavy (non-hydrogen) atoms. The van der Waals surface area contributed by atoms with Crippen LogP contribution in [0.1, 0.15) is 30.9 Å². The Morgan fingerprint density at radius 1 is 0.913 bits per heavy atom. The van der Waals surface area contributed by atoms with Crippen molar-refractivity contribution in [2.45, 2.75) is 25.2 Å². The molecule has 2 aliphatic rings. The molecule has 2 unspecified atom stereocenters. The van der Waals surface area contributed by atoms with Crippen LogP contribution in [-0.2, 0) is 5.41 Å². The highest BCUT2D eigenvalue weighted by atomic mass is 79.9. The van der Waals surface area contributed by atoms with E-state index in [1.165, 1.54) is 26.7 Å². The van der Waals surface area contributed by atoms with E-state index < -0.39 is 0 Å². The predicted octanol–water partition coefficient (Wildman–Crippen LogP) is 6.96. The van der Waals surface area contributed by atoms with Crippen molar-refractivity contribution in [1.29, 1.82) is 0 Å². The molecule has 0 nitrogen and oxygen atoms in total. The second-order valence-electron chi connectivity index (χ2n) is 6.99. The van der Waals surface area contributed by atoms with Crippen molar-refractivity contribution in [3.8, 4) is 11.1 Å². The van der Waals surface area contributed by atoms with Crippen LogP contribution in [0.3, 0.4) is 0 Å². The quantitative estimate of drug-likeness (QED) is 0.459. The third-order valence-electron chi connectivity index (χ3n) is 5.31. The van der Waals surface area contributed by atoms with Crippen LogP contribution in [0, 0.1) is 5.92 Å². The van der Waals surface area contributed by atoms with Crippen LogP contribution in [0.15, 0.2) is 69.6 Å². The Kier molecular flexibility index (Phi) is 3.66. The van der Waals surface area contributed by atoms with Gasteiger partial charge < -0.3 is 0 Å². The number of hydrogen-bond acceptors (Lipinski definition) is 0. The Morgan fingerprint density at radius 3 is 2.35 bits per heavy atom. The van der Waals surface area contributed by atoms with E-state index in [4.69, 9.17) is 0 Å². The molecule has 0 spiro atoms. The van der Waals surface area contributed by atoms with Crippen molar-refractivity contribution in [1.82, 2.24) is 0 Å². The average molecular weight is 430 g/mol. The standard InChI is InChI=1S/C21H18Br2/c1-21(2)19-11-14(13-3-6-15(22)7-4-13)5-9-17(19)18-10-8-16(23)12-20(18)21/h3-12,18,20H,1-2H3. The Bertz CT molecular complexity index is 825. The normalized spacial score (nSPS) is 24.1. The summed E-state index contributed by atoms with van der Waals surface area (Å²) in [5.41, 5.74) is 5.68. The largest absolute Gasteiger partial charge is 0.0753 e. The number of rotatable bonds is 1. The van der Waals surface area contributed by atoms with Crippen molar-refractivity contribution in [3.05, 3.63) is 80.8 Å². The molecule has 0 bridgehead atoms. The van der Waals surface area contributed by atoms with Gasteiger partial charge in [0.2, 0.25) is 0 Å². The first kappa shape index (κ1) is 15.4. The zero-order valence-electron chi connectivity index (χ0n) is 13.2. The van der Waals surface area contributed by atoms with E-state index in [1.807, 2.05) is 0 Å². The van der Waals surface area contributed by atoms with Gasteiger partial charge in [0.25, 0.3) is 0 Å². The molecular weight excluding hydrogens is 412 g/mol. The molecule has 2 aliphatic carbocycles. The second kappa shape index (κ2) is 5.46. The molecule has 0 radical (unpaired) electrons. The van der Waals surface area contributed by atoms with E-state index in [2.05, 4.69) is 106 Å². The maximum atomic E-state index is 3.65. The fourth-order valence-corrected chi connectivity index (χ4v) is 4.71. The fourth-order valence-electron chi connectivity index (χ4n) is 4.01. The van der Waals surface area contributed by atoms with Gasteiger partial charge in [-0.25, -0.2) is 0 Å². The number of halogens is 2. The first-order valence-corrected chi connectivity index (χ1v) is 9.51. The lowest BCUT2D eigenvalue weighted by molar-refractivity contribution is 0.394. The van der Waals surface area contributed by atoms with Crippen molar-refractivity contribution < 1.29 is 0 Å². The van der Waals surface area contributed by atoms with Crippen molar-refractivity contribution in [3.63, 3.8) is 0 Å². The Labute approximate surface area is 154 Å². The van der Waals surface area contributed by atoms with Crippen molar-refractivity contribution in [2.75, 3.05) is 0 Å². The van der Waals surface area contributed by atoms with Crippen LogP contribution >= 0.6 is 31.9 Å². The van der Waals surface area contributed by atoms with Crippen molar-refractivity contribution >= 4 is 31.9 Å². The van der Waals surface area contributed by atoms with E-state index in [-0.39, 0.29) is 5.41 Å². The van der Waals surface area contributed by atoms with Crippen molar-refractivity contribution in [2.24, 2.45) is 5.92 Å². The van der Waals surface area contributed by atoms with Crippen LogP contribution in [0.25, 0.3) is 11.1 Å². The summed E-state index contributed by atoms with van der Waals surface area (Å²) in [5, 5.41) is 0. The molecule has 2 heteroatoms. The monoisotopic (exact) mass is 428 g/mol. The maximum absolute atomic E-state index is 3.65. The smallest absolute Gasteiger partial charge is 0.0175 e. The molecule has 4 rings (SSSR count). The maximum Gasteiger partial charge on any atom is 0.0175 e. The lowest BCUT2D eigenvalue weighted by Crippen LogP contribution is -2.25. The molecule has 0 aliphatic heterocycles. The van der Waals surface area contributed by atoms with Crippen LogP contribution in [-0.4, -0.2) is 0 Å². The molecule has 116 valence electrons. The zero-order valence-corrected chi connectivity index (χ0v) is 16.4. The second-order valence-corrected chi connectivity index (χ2v) is 8.82. The van der Waals surface area contributed by atoms with Gasteiger partial charge >= 0.3 is 0 Å². The summed E-state index contributed by atoms with van der Waals surface area (Å²) in [5.74, 6) is 1.03. The van der Waals surface area contributed by atoms with Gasteiger partial charge in [-0.2, -0.15) is 0 Å². The van der Waals surface area contributed by atoms with Crippen LogP contribution in [0.4, 0.5) is 0 Å². The summed E-state index contributed by atoms with van der Waals surface area (Å²) < 4.78 is 2.32. The molecule has 0 aromatic heterocycles. The fraction of sp³-hybridized carbons (Fsp3) is 0.238. The van der Waals surface area contributed by atoms with Gasteiger partial charge in [-0.05, 0) is 45.7 Å². The highest BCUT2D eigenvalue weighted by Gasteiger charge is 2.45. The first-order chi connectivity index (χ1) is 11.0. The third-order valence-corrected chi connectivity index (χ3v) is 6.36. The van der Waals surface area contributed by atoms with E-state index >= 15 is 0 Å². The summed E-state index contributed by atoms with van der Waals surface area (Å²) in [4.78, 5) is 0. The van der Waals surface area contributed by atoms with Gasteiger partial charge in [0.05, 0.1) is 0 Å². The molecule has 2 atom stereocenters. The van der Waals surface area contributed by atoms with Gasteiger partial charge in [-0.15, -0.1) is 0 Å². The Balaban J connectivity index is 1.83. The van der Waals surface area contributed by atoms with Crippen LogP contribution < -0.4 is 0 Å². The van der Waals surface area contributed by atoms with Gasteiger partial charge in [0.1, 0.15) is 0 Å². The van der Waals surface area contributed by atoms with Crippen LogP contribution in [0.2, 0.25) is 0 Å². The molecule has 0 amide bonds. The molecule has 0 N–H and O–H groups in total. The van der Waals surface area contributed by atoms with Crippen LogP contribution in [0.5, 0.6) is 0 Å². The average Bonchev–Trinajstić information content (AvgIpc) is 2.76. The third kappa shape index (κ3) is 2.47. The minimum atomic E-state index is 0.148. The first-order valence-electron chi connectivity index (χ1n) is 7.93. The van der Waals surface area contributed by atoms with Gasteiger partial charge in [0.15, 0.2) is 0 Å². The number of benzene rings is 2. The van der Waals surface area contributed by atoms with Gasteiger partial charge in [-0.1, -0.05) is 94.3 Å². The number of fused-ring (bicyclic) bond motifs is 3. The molecule has 2 aromatic carbocycles. The molecular formula is C21H18Br2. The van der Waals surface area contributed by atoms with Gasteiger partial charge in [0, 0.05) is 14.9 Å². The minimum absolute atomic E-state index is 0.148. The van der Waals surface area contributed by atoms with E-state index in [9.17, 15) is 0 Å². The zero-order chi connectivity index (χ0) is 16.2. The topological polar surface area (TPSA) is 0 Å². The Morgan fingerprint density at radius 2 is 1.61 bits per heavy atom. The van der Waals surface area contributed by atoms with E-state index in [0.29, 0.717) is 11.8 Å². The molecule has 0 saturated carbocycles. The van der Waals surface area contributed by atoms with E-state index in [1.54, 1.807) is 0 Å². The Hall–Kier alpha value is -1.12. The molecule has 0 saturated heterocycles. The lowest BCUT2D eigenvalue weighted by Gasteiger charge is -2.30.